The first-order valence-corrected chi connectivity index (χ1v) is 5.20. The number of imidazole rings is 1. The van der Waals surface area contributed by atoms with E-state index < -0.39 is 0 Å². The summed E-state index contributed by atoms with van der Waals surface area (Å²) in [6, 6.07) is 0.392. The number of hydrogen-bond donors (Lipinski definition) is 1. The summed E-state index contributed by atoms with van der Waals surface area (Å²) in [5.41, 5.74) is 0. The van der Waals surface area contributed by atoms with Gasteiger partial charge in [0.05, 0.1) is 6.54 Å². The minimum absolute atomic E-state index is 0.392. The molecular formula is C10H15N5O. The molecule has 6 nitrogen and oxygen atoms in total. The van der Waals surface area contributed by atoms with Crippen molar-refractivity contribution in [2.45, 2.75) is 26.4 Å². The zero-order chi connectivity index (χ0) is 11.5. The molecule has 86 valence electrons. The second-order valence-corrected chi connectivity index (χ2v) is 3.91. The van der Waals surface area contributed by atoms with Gasteiger partial charge in [0.25, 0.3) is 0 Å². The molecule has 2 heterocycles. The predicted octanol–water partition coefficient (Wildman–Crippen LogP) is 0.968. The number of rotatable bonds is 4. The average Bonchev–Trinajstić information content (AvgIpc) is 2.83. The Hall–Kier alpha value is -1.69. The zero-order valence-corrected chi connectivity index (χ0v) is 9.64. The molecule has 0 fully saturated rings. The topological polar surface area (TPSA) is 68.8 Å². The Labute approximate surface area is 93.7 Å². The fourth-order valence-corrected chi connectivity index (χ4v) is 1.29. The monoisotopic (exact) mass is 221 g/mol. The first-order chi connectivity index (χ1) is 7.66. The third-order valence-electron chi connectivity index (χ3n) is 2.15. The van der Waals surface area contributed by atoms with Crippen LogP contribution in [0.15, 0.2) is 16.9 Å². The van der Waals surface area contributed by atoms with Gasteiger partial charge in [0, 0.05) is 25.5 Å². The summed E-state index contributed by atoms with van der Waals surface area (Å²) in [5, 5.41) is 7.10. The number of aryl methyl sites for hydroxylation is 1. The van der Waals surface area contributed by atoms with E-state index in [4.69, 9.17) is 4.52 Å². The highest BCUT2D eigenvalue weighted by atomic mass is 16.5. The Balaban J connectivity index is 2.11. The number of hydrogen-bond acceptors (Lipinski definition) is 5. The van der Waals surface area contributed by atoms with Gasteiger partial charge >= 0.3 is 0 Å². The largest absolute Gasteiger partial charge is 0.337 e. The van der Waals surface area contributed by atoms with Crippen molar-refractivity contribution in [3.8, 4) is 11.6 Å². The Bertz CT molecular complexity index is 459. The SMILES string of the molecule is CC(C)NCc1nc(-c2nccn2C)no1. The molecule has 1 N–H and O–H groups in total. The summed E-state index contributed by atoms with van der Waals surface area (Å²) >= 11 is 0. The van der Waals surface area contributed by atoms with Gasteiger partial charge in [0.2, 0.25) is 11.7 Å². The molecule has 0 saturated carbocycles. The molecule has 0 bridgehead atoms. The Morgan fingerprint density at radius 2 is 2.31 bits per heavy atom. The lowest BCUT2D eigenvalue weighted by Crippen LogP contribution is -2.21. The highest BCUT2D eigenvalue weighted by Gasteiger charge is 2.12. The van der Waals surface area contributed by atoms with E-state index in [1.807, 2.05) is 17.8 Å². The van der Waals surface area contributed by atoms with E-state index in [1.165, 1.54) is 0 Å². The standard InChI is InChI=1S/C10H15N5O/c1-7(2)12-6-8-13-9(14-16-8)10-11-4-5-15(10)3/h4-5,7,12H,6H2,1-3H3. The van der Waals surface area contributed by atoms with Crippen LogP contribution >= 0.6 is 0 Å². The van der Waals surface area contributed by atoms with Crippen molar-refractivity contribution in [1.29, 1.82) is 0 Å². The van der Waals surface area contributed by atoms with Gasteiger partial charge in [-0.3, -0.25) is 0 Å². The van der Waals surface area contributed by atoms with E-state index in [0.29, 0.717) is 30.1 Å². The van der Waals surface area contributed by atoms with Crippen LogP contribution in [0.1, 0.15) is 19.7 Å². The van der Waals surface area contributed by atoms with Crippen molar-refractivity contribution in [3.63, 3.8) is 0 Å². The maximum atomic E-state index is 5.12. The molecule has 0 aromatic carbocycles. The van der Waals surface area contributed by atoms with Crippen molar-refractivity contribution >= 4 is 0 Å². The van der Waals surface area contributed by atoms with Crippen LogP contribution in [0.25, 0.3) is 11.6 Å². The van der Waals surface area contributed by atoms with Crippen LogP contribution in [0.4, 0.5) is 0 Å². The molecule has 0 atom stereocenters. The molecule has 2 aromatic rings. The molecule has 6 heteroatoms. The number of nitrogens with zero attached hydrogens (tertiary/aromatic N) is 4. The summed E-state index contributed by atoms with van der Waals surface area (Å²) in [5.74, 6) is 1.80. The average molecular weight is 221 g/mol. The van der Waals surface area contributed by atoms with Crippen LogP contribution < -0.4 is 5.32 Å². The van der Waals surface area contributed by atoms with Gasteiger partial charge in [-0.25, -0.2) is 4.98 Å². The van der Waals surface area contributed by atoms with Gasteiger partial charge in [-0.05, 0) is 0 Å². The smallest absolute Gasteiger partial charge is 0.241 e. The van der Waals surface area contributed by atoms with E-state index >= 15 is 0 Å². The maximum Gasteiger partial charge on any atom is 0.241 e. The molecule has 0 aliphatic heterocycles. The van der Waals surface area contributed by atoms with Gasteiger partial charge in [0.1, 0.15) is 0 Å². The van der Waals surface area contributed by atoms with Crippen LogP contribution in [0.5, 0.6) is 0 Å². The molecule has 0 aliphatic carbocycles. The summed E-state index contributed by atoms with van der Waals surface area (Å²) in [6.45, 7) is 4.71. The normalized spacial score (nSPS) is 11.2. The first kappa shape index (κ1) is 10.8. The molecule has 0 spiro atoms. The lowest BCUT2D eigenvalue weighted by molar-refractivity contribution is 0.362. The van der Waals surface area contributed by atoms with Crippen LogP contribution in [-0.2, 0) is 13.6 Å². The summed E-state index contributed by atoms with van der Waals surface area (Å²) in [6.07, 6.45) is 3.55. The lowest BCUT2D eigenvalue weighted by atomic mass is 10.4. The summed E-state index contributed by atoms with van der Waals surface area (Å²) in [4.78, 5) is 8.41. The Morgan fingerprint density at radius 3 is 2.94 bits per heavy atom. The fourth-order valence-electron chi connectivity index (χ4n) is 1.29. The van der Waals surface area contributed by atoms with Crippen molar-refractivity contribution < 1.29 is 4.52 Å². The highest BCUT2D eigenvalue weighted by molar-refractivity contribution is 5.42. The zero-order valence-electron chi connectivity index (χ0n) is 9.64. The molecular weight excluding hydrogens is 206 g/mol. The van der Waals surface area contributed by atoms with Crippen molar-refractivity contribution in [2.24, 2.45) is 7.05 Å². The van der Waals surface area contributed by atoms with Crippen molar-refractivity contribution in [3.05, 3.63) is 18.3 Å². The van der Waals surface area contributed by atoms with Gasteiger partial charge in [0.15, 0.2) is 5.82 Å². The second kappa shape index (κ2) is 4.44. The molecule has 0 aliphatic rings. The third-order valence-corrected chi connectivity index (χ3v) is 2.15. The number of aromatic nitrogens is 4. The van der Waals surface area contributed by atoms with Gasteiger partial charge in [-0.1, -0.05) is 19.0 Å². The summed E-state index contributed by atoms with van der Waals surface area (Å²) < 4.78 is 6.97. The minimum atomic E-state index is 0.392. The molecule has 0 saturated heterocycles. The van der Waals surface area contributed by atoms with E-state index in [1.54, 1.807) is 6.20 Å². The Kier molecular flexibility index (Phi) is 3.00. The first-order valence-electron chi connectivity index (χ1n) is 5.20. The molecule has 0 radical (unpaired) electrons. The van der Waals surface area contributed by atoms with E-state index in [0.717, 1.165) is 0 Å². The van der Waals surface area contributed by atoms with Gasteiger partial charge in [-0.15, -0.1) is 0 Å². The van der Waals surface area contributed by atoms with Gasteiger partial charge in [-0.2, -0.15) is 4.98 Å². The molecule has 16 heavy (non-hydrogen) atoms. The molecule has 2 aromatic heterocycles. The quantitative estimate of drug-likeness (QED) is 0.833. The van der Waals surface area contributed by atoms with Crippen LogP contribution in [0.3, 0.4) is 0 Å². The fraction of sp³-hybridized carbons (Fsp3) is 0.500. The van der Waals surface area contributed by atoms with E-state index in [-0.39, 0.29) is 0 Å². The van der Waals surface area contributed by atoms with E-state index in [2.05, 4.69) is 34.3 Å². The lowest BCUT2D eigenvalue weighted by Gasteiger charge is -2.02. The number of nitrogens with one attached hydrogen (secondary N) is 1. The second-order valence-electron chi connectivity index (χ2n) is 3.91. The van der Waals surface area contributed by atoms with Crippen LogP contribution in [0.2, 0.25) is 0 Å². The maximum absolute atomic E-state index is 5.12. The molecule has 0 amide bonds. The highest BCUT2D eigenvalue weighted by Crippen LogP contribution is 2.11. The minimum Gasteiger partial charge on any atom is -0.337 e. The van der Waals surface area contributed by atoms with Gasteiger partial charge < -0.3 is 14.4 Å². The van der Waals surface area contributed by atoms with Crippen molar-refractivity contribution in [2.75, 3.05) is 0 Å². The van der Waals surface area contributed by atoms with Crippen LogP contribution in [0, 0.1) is 0 Å². The summed E-state index contributed by atoms with van der Waals surface area (Å²) in [7, 11) is 1.89. The van der Waals surface area contributed by atoms with Crippen LogP contribution in [-0.4, -0.2) is 25.7 Å². The predicted molar refractivity (Wildman–Crippen MR) is 58.5 cm³/mol. The van der Waals surface area contributed by atoms with Crippen molar-refractivity contribution in [1.82, 2.24) is 25.0 Å². The third kappa shape index (κ3) is 2.27. The Morgan fingerprint density at radius 1 is 1.50 bits per heavy atom. The molecule has 0 unspecified atom stereocenters. The molecule has 2 rings (SSSR count). The van der Waals surface area contributed by atoms with E-state index in [9.17, 15) is 0 Å².